The van der Waals surface area contributed by atoms with Crippen molar-refractivity contribution < 1.29 is 9.53 Å². The molecule has 0 aromatic carbocycles. The smallest absolute Gasteiger partial charge is 0.328 e. The van der Waals surface area contributed by atoms with Crippen molar-refractivity contribution in [3.05, 3.63) is 30.2 Å². The Bertz CT molecular complexity index is 545. The predicted octanol–water partition coefficient (Wildman–Crippen LogP) is 2.33. The summed E-state index contributed by atoms with van der Waals surface area (Å²) in [6, 6.07) is 1.61. The second-order valence-corrected chi connectivity index (χ2v) is 4.01. The SMILES string of the molecule is CCc1cn(C(C)C(=O)OC)c2ccncc12. The standard InChI is InChI=1S/C13H16N2O2/c1-4-10-8-15(9(2)13(16)17-3)12-5-6-14-7-11(10)12/h5-9H,4H2,1-3H3. The van der Waals surface area contributed by atoms with Crippen LogP contribution in [0.5, 0.6) is 0 Å². The summed E-state index contributed by atoms with van der Waals surface area (Å²) in [5.74, 6) is -0.235. The predicted molar refractivity (Wildman–Crippen MR) is 65.8 cm³/mol. The molecule has 0 aliphatic heterocycles. The molecule has 0 amide bonds. The second-order valence-electron chi connectivity index (χ2n) is 4.01. The summed E-state index contributed by atoms with van der Waals surface area (Å²) in [4.78, 5) is 15.7. The number of carbonyl (C=O) groups excluding carboxylic acids is 1. The molecule has 0 bridgehead atoms. The van der Waals surface area contributed by atoms with Crippen LogP contribution in [0.25, 0.3) is 10.9 Å². The minimum atomic E-state index is -0.315. The van der Waals surface area contributed by atoms with E-state index in [-0.39, 0.29) is 12.0 Å². The van der Waals surface area contributed by atoms with E-state index in [0.717, 1.165) is 17.3 Å². The van der Waals surface area contributed by atoms with Crippen molar-refractivity contribution >= 4 is 16.9 Å². The molecular weight excluding hydrogens is 216 g/mol. The van der Waals surface area contributed by atoms with Gasteiger partial charge >= 0.3 is 5.97 Å². The van der Waals surface area contributed by atoms with Gasteiger partial charge in [-0.2, -0.15) is 0 Å². The molecule has 90 valence electrons. The Kier molecular flexibility index (Phi) is 3.13. The molecule has 2 aromatic rings. The zero-order valence-corrected chi connectivity index (χ0v) is 10.3. The first-order chi connectivity index (χ1) is 8.19. The maximum Gasteiger partial charge on any atom is 0.328 e. The normalized spacial score (nSPS) is 12.6. The van der Waals surface area contributed by atoms with E-state index in [1.54, 1.807) is 6.20 Å². The first-order valence-electron chi connectivity index (χ1n) is 5.70. The number of rotatable bonds is 3. The Morgan fingerprint density at radius 1 is 1.59 bits per heavy atom. The summed E-state index contributed by atoms with van der Waals surface area (Å²) >= 11 is 0. The first kappa shape index (κ1) is 11.6. The number of pyridine rings is 1. The number of nitrogens with zero attached hydrogens (tertiary/aromatic N) is 2. The number of aryl methyl sites for hydroxylation is 1. The van der Waals surface area contributed by atoms with Crippen LogP contribution in [0.15, 0.2) is 24.7 Å². The zero-order valence-electron chi connectivity index (χ0n) is 10.3. The number of aromatic nitrogens is 2. The molecule has 4 heteroatoms. The lowest BCUT2D eigenvalue weighted by atomic mass is 10.2. The highest BCUT2D eigenvalue weighted by Gasteiger charge is 2.18. The van der Waals surface area contributed by atoms with E-state index in [4.69, 9.17) is 4.74 Å². The van der Waals surface area contributed by atoms with Crippen molar-refractivity contribution in [2.24, 2.45) is 0 Å². The average molecular weight is 232 g/mol. The summed E-state index contributed by atoms with van der Waals surface area (Å²) in [5.41, 5.74) is 2.22. The number of carbonyl (C=O) groups is 1. The van der Waals surface area contributed by atoms with Crippen LogP contribution in [0.4, 0.5) is 0 Å². The summed E-state index contributed by atoms with van der Waals surface area (Å²) < 4.78 is 6.73. The maximum atomic E-state index is 11.6. The van der Waals surface area contributed by atoms with Crippen LogP contribution < -0.4 is 0 Å². The Hall–Kier alpha value is -1.84. The maximum absolute atomic E-state index is 11.6. The van der Waals surface area contributed by atoms with Gasteiger partial charge in [-0.15, -0.1) is 0 Å². The quantitative estimate of drug-likeness (QED) is 0.763. The molecule has 1 unspecified atom stereocenters. The monoisotopic (exact) mass is 232 g/mol. The molecule has 0 saturated carbocycles. The zero-order chi connectivity index (χ0) is 12.4. The summed E-state index contributed by atoms with van der Waals surface area (Å²) in [5, 5.41) is 1.10. The average Bonchev–Trinajstić information content (AvgIpc) is 2.75. The number of fused-ring (bicyclic) bond motifs is 1. The molecule has 2 heterocycles. The van der Waals surface area contributed by atoms with Crippen molar-refractivity contribution in [3.63, 3.8) is 0 Å². The van der Waals surface area contributed by atoms with Gasteiger partial charge in [-0.25, -0.2) is 4.79 Å². The largest absolute Gasteiger partial charge is 0.467 e. The molecule has 0 radical (unpaired) electrons. The molecule has 0 N–H and O–H groups in total. The number of methoxy groups -OCH3 is 1. The molecule has 0 aliphatic rings. The summed E-state index contributed by atoms with van der Waals surface area (Å²) in [6.45, 7) is 3.93. The topological polar surface area (TPSA) is 44.1 Å². The van der Waals surface area contributed by atoms with Crippen molar-refractivity contribution in [1.29, 1.82) is 0 Å². The molecule has 0 fully saturated rings. The van der Waals surface area contributed by atoms with E-state index in [2.05, 4.69) is 11.9 Å². The molecule has 0 spiro atoms. The Balaban J connectivity index is 2.58. The summed E-state index contributed by atoms with van der Waals surface area (Å²) in [7, 11) is 1.41. The van der Waals surface area contributed by atoms with E-state index >= 15 is 0 Å². The van der Waals surface area contributed by atoms with Gasteiger partial charge in [-0.1, -0.05) is 6.92 Å². The highest BCUT2D eigenvalue weighted by molar-refractivity contribution is 5.85. The van der Waals surface area contributed by atoms with E-state index in [1.807, 2.05) is 30.0 Å². The third-order valence-corrected chi connectivity index (χ3v) is 3.06. The fourth-order valence-electron chi connectivity index (χ4n) is 2.05. The van der Waals surface area contributed by atoms with Gasteiger partial charge in [-0.05, 0) is 25.0 Å². The summed E-state index contributed by atoms with van der Waals surface area (Å²) in [6.07, 6.45) is 6.51. The Labute approximate surface area is 100 Å². The molecule has 0 saturated heterocycles. The van der Waals surface area contributed by atoms with Crippen molar-refractivity contribution in [1.82, 2.24) is 9.55 Å². The minimum absolute atomic E-state index is 0.235. The van der Waals surface area contributed by atoms with Crippen molar-refractivity contribution in [3.8, 4) is 0 Å². The van der Waals surface area contributed by atoms with Crippen molar-refractivity contribution in [2.75, 3.05) is 7.11 Å². The van der Waals surface area contributed by atoms with Gasteiger partial charge in [0.25, 0.3) is 0 Å². The lowest BCUT2D eigenvalue weighted by Crippen LogP contribution is -2.16. The van der Waals surface area contributed by atoms with Crippen LogP contribution >= 0.6 is 0 Å². The van der Waals surface area contributed by atoms with Crippen LogP contribution in [0.2, 0.25) is 0 Å². The molecule has 2 rings (SSSR count). The lowest BCUT2D eigenvalue weighted by Gasteiger charge is -2.12. The Morgan fingerprint density at radius 3 is 3.00 bits per heavy atom. The van der Waals surface area contributed by atoms with Gasteiger partial charge < -0.3 is 9.30 Å². The lowest BCUT2D eigenvalue weighted by molar-refractivity contribution is -0.143. The van der Waals surface area contributed by atoms with Crippen molar-refractivity contribution in [2.45, 2.75) is 26.3 Å². The third kappa shape index (κ3) is 1.90. The van der Waals surface area contributed by atoms with E-state index < -0.39 is 0 Å². The highest BCUT2D eigenvalue weighted by Crippen LogP contribution is 2.24. The molecule has 1 atom stereocenters. The second kappa shape index (κ2) is 4.57. The van der Waals surface area contributed by atoms with Gasteiger partial charge in [0.15, 0.2) is 0 Å². The number of ether oxygens (including phenoxy) is 1. The van der Waals surface area contributed by atoms with Crippen LogP contribution in [0.3, 0.4) is 0 Å². The molecule has 17 heavy (non-hydrogen) atoms. The van der Waals surface area contributed by atoms with Crippen LogP contribution in [0, 0.1) is 0 Å². The molecule has 0 aliphatic carbocycles. The van der Waals surface area contributed by atoms with Gasteiger partial charge in [0, 0.05) is 24.0 Å². The van der Waals surface area contributed by atoms with Gasteiger partial charge in [0.05, 0.1) is 12.6 Å². The van der Waals surface area contributed by atoms with Gasteiger partial charge in [-0.3, -0.25) is 4.98 Å². The molecule has 2 aromatic heterocycles. The number of hydrogen-bond donors (Lipinski definition) is 0. The number of esters is 1. The Morgan fingerprint density at radius 2 is 2.35 bits per heavy atom. The van der Waals surface area contributed by atoms with E-state index in [1.165, 1.54) is 12.7 Å². The van der Waals surface area contributed by atoms with Gasteiger partial charge in [0.1, 0.15) is 6.04 Å². The number of hydrogen-bond acceptors (Lipinski definition) is 3. The third-order valence-electron chi connectivity index (χ3n) is 3.06. The minimum Gasteiger partial charge on any atom is -0.467 e. The van der Waals surface area contributed by atoms with Gasteiger partial charge in [0.2, 0.25) is 0 Å². The fourth-order valence-corrected chi connectivity index (χ4v) is 2.05. The van der Waals surface area contributed by atoms with Crippen LogP contribution in [0.1, 0.15) is 25.5 Å². The first-order valence-corrected chi connectivity index (χ1v) is 5.70. The molecular formula is C13H16N2O2. The van der Waals surface area contributed by atoms with Crippen LogP contribution in [-0.2, 0) is 16.0 Å². The van der Waals surface area contributed by atoms with E-state index in [9.17, 15) is 4.79 Å². The highest BCUT2D eigenvalue weighted by atomic mass is 16.5. The van der Waals surface area contributed by atoms with E-state index in [0.29, 0.717) is 0 Å². The fraction of sp³-hybridized carbons (Fsp3) is 0.385. The molecule has 4 nitrogen and oxygen atoms in total. The van der Waals surface area contributed by atoms with Crippen LogP contribution in [-0.4, -0.2) is 22.6 Å².